The number of aliphatic hydroxyl groups is 2. The summed E-state index contributed by atoms with van der Waals surface area (Å²) in [5, 5.41) is 21.6. The van der Waals surface area contributed by atoms with Crippen LogP contribution >= 0.6 is 0 Å². The molecule has 0 radical (unpaired) electrons. The van der Waals surface area contributed by atoms with Crippen molar-refractivity contribution in [2.45, 2.75) is 58.3 Å². The molecule has 0 saturated carbocycles. The van der Waals surface area contributed by atoms with Crippen molar-refractivity contribution < 1.29 is 19.7 Å². The number of hydrogen-bond donors (Lipinski definition) is 3. The normalized spacial score (nSPS) is 16.5. The second-order valence-corrected chi connectivity index (χ2v) is 5.68. The van der Waals surface area contributed by atoms with Gasteiger partial charge in [-0.3, -0.25) is 0 Å². The molecule has 0 aliphatic carbocycles. The molecule has 0 aromatic carbocycles. The molecule has 0 saturated heterocycles. The lowest BCUT2D eigenvalue weighted by molar-refractivity contribution is -0.0445. The van der Waals surface area contributed by atoms with Crippen molar-refractivity contribution >= 4 is 6.09 Å². The lowest BCUT2D eigenvalue weighted by Gasteiger charge is -2.39. The second kappa shape index (κ2) is 4.59. The average Bonchev–Trinajstić information content (AvgIpc) is 1.97. The maximum atomic E-state index is 11.5. The first kappa shape index (κ1) is 15.2. The van der Waals surface area contributed by atoms with Gasteiger partial charge in [-0.2, -0.15) is 0 Å². The van der Waals surface area contributed by atoms with E-state index in [-0.39, 0.29) is 6.61 Å². The van der Waals surface area contributed by atoms with Crippen molar-refractivity contribution in [1.29, 1.82) is 0 Å². The van der Waals surface area contributed by atoms with Gasteiger partial charge in [0.25, 0.3) is 0 Å². The van der Waals surface area contributed by atoms with Gasteiger partial charge in [0.05, 0.1) is 17.7 Å². The van der Waals surface area contributed by atoms with Crippen LogP contribution in [0.25, 0.3) is 0 Å². The molecule has 96 valence electrons. The Labute approximate surface area is 96.8 Å². The summed E-state index contributed by atoms with van der Waals surface area (Å²) < 4.78 is 5.06. The van der Waals surface area contributed by atoms with Crippen LogP contribution in [0.15, 0.2) is 0 Å². The highest BCUT2D eigenvalue weighted by atomic mass is 16.6. The van der Waals surface area contributed by atoms with Gasteiger partial charge in [-0.25, -0.2) is 4.79 Å². The number of ether oxygens (including phenoxy) is 1. The van der Waals surface area contributed by atoms with Crippen LogP contribution in [0.5, 0.6) is 0 Å². The summed E-state index contributed by atoms with van der Waals surface area (Å²) in [4.78, 5) is 11.5. The van der Waals surface area contributed by atoms with E-state index in [1.807, 2.05) is 0 Å². The topological polar surface area (TPSA) is 78.8 Å². The van der Waals surface area contributed by atoms with Crippen LogP contribution in [0.1, 0.15) is 41.5 Å². The zero-order valence-electron chi connectivity index (χ0n) is 10.9. The maximum Gasteiger partial charge on any atom is 0.408 e. The van der Waals surface area contributed by atoms with E-state index in [9.17, 15) is 15.0 Å². The minimum atomic E-state index is -1.25. The third-order valence-electron chi connectivity index (χ3n) is 2.44. The first-order valence-electron chi connectivity index (χ1n) is 5.26. The average molecular weight is 233 g/mol. The summed E-state index contributed by atoms with van der Waals surface area (Å²) >= 11 is 0. The van der Waals surface area contributed by atoms with Crippen LogP contribution in [0.2, 0.25) is 0 Å². The van der Waals surface area contributed by atoms with Crippen LogP contribution in [0.4, 0.5) is 4.79 Å². The van der Waals surface area contributed by atoms with E-state index in [1.165, 1.54) is 13.8 Å². The monoisotopic (exact) mass is 233 g/mol. The zero-order valence-corrected chi connectivity index (χ0v) is 10.9. The molecular formula is C11H23NO4. The summed E-state index contributed by atoms with van der Waals surface area (Å²) in [6.07, 6.45) is -0.661. The number of hydrogen-bond acceptors (Lipinski definition) is 4. The highest BCUT2D eigenvalue weighted by molar-refractivity contribution is 5.69. The Hall–Kier alpha value is -0.810. The molecular weight excluding hydrogens is 210 g/mol. The van der Waals surface area contributed by atoms with Gasteiger partial charge >= 0.3 is 6.09 Å². The molecule has 1 unspecified atom stereocenters. The van der Waals surface area contributed by atoms with Gasteiger partial charge in [-0.1, -0.05) is 0 Å². The van der Waals surface area contributed by atoms with Gasteiger partial charge in [0.15, 0.2) is 0 Å². The third-order valence-corrected chi connectivity index (χ3v) is 2.44. The van der Waals surface area contributed by atoms with Gasteiger partial charge in [0.1, 0.15) is 5.60 Å². The zero-order chi connectivity index (χ0) is 13.2. The molecule has 0 bridgehead atoms. The quantitative estimate of drug-likeness (QED) is 0.680. The molecule has 0 fully saturated rings. The lowest BCUT2D eigenvalue weighted by atomic mass is 9.85. The van der Waals surface area contributed by atoms with Crippen LogP contribution in [-0.4, -0.2) is 39.7 Å². The van der Waals surface area contributed by atoms with Crippen LogP contribution in [0.3, 0.4) is 0 Å². The molecule has 1 amide bonds. The van der Waals surface area contributed by atoms with Gasteiger partial charge in [-0.05, 0) is 41.5 Å². The van der Waals surface area contributed by atoms with Gasteiger partial charge < -0.3 is 20.3 Å². The second-order valence-electron chi connectivity index (χ2n) is 5.68. The van der Waals surface area contributed by atoms with E-state index >= 15 is 0 Å². The Balaban J connectivity index is 4.63. The molecule has 0 aliphatic rings. The van der Waals surface area contributed by atoms with Gasteiger partial charge in [-0.15, -0.1) is 0 Å². The molecule has 1 atom stereocenters. The molecule has 0 aromatic heterocycles. The van der Waals surface area contributed by atoms with Gasteiger partial charge in [0.2, 0.25) is 0 Å². The number of alkyl carbamates (subject to hydrolysis) is 1. The number of nitrogens with one attached hydrogen (secondary N) is 1. The van der Waals surface area contributed by atoms with Gasteiger partial charge in [0, 0.05) is 0 Å². The fraction of sp³-hybridized carbons (Fsp3) is 0.909. The fourth-order valence-corrected chi connectivity index (χ4v) is 0.915. The molecule has 5 heteroatoms. The van der Waals surface area contributed by atoms with Crippen molar-refractivity contribution in [3.63, 3.8) is 0 Å². The molecule has 0 aromatic rings. The predicted molar refractivity (Wildman–Crippen MR) is 61.2 cm³/mol. The Kier molecular flexibility index (Phi) is 4.36. The van der Waals surface area contributed by atoms with Crippen molar-refractivity contribution in [3.8, 4) is 0 Å². The number of amides is 1. The Morgan fingerprint density at radius 1 is 1.19 bits per heavy atom. The van der Waals surface area contributed by atoms with Crippen LogP contribution in [0, 0.1) is 0 Å². The highest BCUT2D eigenvalue weighted by Crippen LogP contribution is 2.21. The summed E-state index contributed by atoms with van der Waals surface area (Å²) in [6, 6.07) is 0. The van der Waals surface area contributed by atoms with Crippen molar-refractivity contribution in [3.05, 3.63) is 0 Å². The largest absolute Gasteiger partial charge is 0.444 e. The molecule has 5 nitrogen and oxygen atoms in total. The summed E-state index contributed by atoms with van der Waals surface area (Å²) in [5.41, 5.74) is -3.01. The molecule has 0 aliphatic heterocycles. The maximum absolute atomic E-state index is 11.5. The number of carbonyl (C=O) groups is 1. The van der Waals surface area contributed by atoms with E-state index < -0.39 is 22.8 Å². The molecule has 3 N–H and O–H groups in total. The first-order chi connectivity index (χ1) is 6.91. The standard InChI is InChI=1S/C11H23NO4/c1-9(2,3)16-8(14)12-11(6,7-13)10(4,5)15/h13,15H,7H2,1-6H3,(H,12,14). The summed E-state index contributed by atoms with van der Waals surface area (Å²) in [7, 11) is 0. The molecule has 16 heavy (non-hydrogen) atoms. The van der Waals surface area contributed by atoms with E-state index in [0.717, 1.165) is 0 Å². The minimum absolute atomic E-state index is 0.379. The highest BCUT2D eigenvalue weighted by Gasteiger charge is 2.41. The minimum Gasteiger partial charge on any atom is -0.444 e. The SMILES string of the molecule is CC(C)(C)OC(=O)NC(C)(CO)C(C)(C)O. The third kappa shape index (κ3) is 4.37. The van der Waals surface area contributed by atoms with Crippen molar-refractivity contribution in [2.24, 2.45) is 0 Å². The predicted octanol–water partition coefficient (Wildman–Crippen LogP) is 1.03. The van der Waals surface area contributed by atoms with Crippen molar-refractivity contribution in [1.82, 2.24) is 5.32 Å². The number of carbonyl (C=O) groups excluding carboxylic acids is 1. The molecule has 0 spiro atoms. The van der Waals surface area contributed by atoms with E-state index in [1.54, 1.807) is 27.7 Å². The van der Waals surface area contributed by atoms with E-state index in [4.69, 9.17) is 4.74 Å². The van der Waals surface area contributed by atoms with Crippen molar-refractivity contribution in [2.75, 3.05) is 6.61 Å². The summed E-state index contributed by atoms with van der Waals surface area (Å²) in [6.45, 7) is 9.43. The van der Waals surface area contributed by atoms with E-state index in [2.05, 4.69) is 5.32 Å². The molecule has 0 heterocycles. The van der Waals surface area contributed by atoms with Crippen LogP contribution in [-0.2, 0) is 4.74 Å². The summed E-state index contributed by atoms with van der Waals surface area (Å²) in [5.74, 6) is 0. The Morgan fingerprint density at radius 3 is 1.88 bits per heavy atom. The number of rotatable bonds is 3. The number of aliphatic hydroxyl groups excluding tert-OH is 1. The Bertz CT molecular complexity index is 252. The van der Waals surface area contributed by atoms with E-state index in [0.29, 0.717) is 0 Å². The van der Waals surface area contributed by atoms with Crippen LogP contribution < -0.4 is 5.32 Å². The lowest BCUT2D eigenvalue weighted by Crippen LogP contribution is -2.62. The fourth-order valence-electron chi connectivity index (χ4n) is 0.915. The molecule has 0 rings (SSSR count). The Morgan fingerprint density at radius 2 is 1.62 bits per heavy atom. The smallest absolute Gasteiger partial charge is 0.408 e. The first-order valence-corrected chi connectivity index (χ1v) is 5.26.